The zero-order valence-electron chi connectivity index (χ0n) is 20.4. The summed E-state index contributed by atoms with van der Waals surface area (Å²) in [7, 11) is -1.39. The highest BCUT2D eigenvalue weighted by Crippen LogP contribution is 2.56. The van der Waals surface area contributed by atoms with Gasteiger partial charge in [-0.1, -0.05) is 47.6 Å². The maximum Gasteiger partial charge on any atom is 0.245 e. The Kier molecular flexibility index (Phi) is 6.97. The van der Waals surface area contributed by atoms with E-state index in [9.17, 15) is 4.21 Å². The maximum atomic E-state index is 12.3. The van der Waals surface area contributed by atoms with Gasteiger partial charge < -0.3 is 10.6 Å². The summed E-state index contributed by atoms with van der Waals surface area (Å²) < 4.78 is 11.8. The minimum atomic E-state index is -1.39. The number of hydrogen-bond acceptors (Lipinski definition) is 8. The molecule has 8 nitrogen and oxygen atoms in total. The molecule has 3 heterocycles. The molecule has 190 valence electrons. The Morgan fingerprint density at radius 1 is 1.19 bits per heavy atom. The minimum absolute atomic E-state index is 0.123. The third-order valence-corrected chi connectivity index (χ3v) is 10.3. The largest absolute Gasteiger partial charge is 0.382 e. The van der Waals surface area contributed by atoms with E-state index in [-0.39, 0.29) is 11.2 Å². The summed E-state index contributed by atoms with van der Waals surface area (Å²) in [6.45, 7) is 5.72. The Bertz CT molecular complexity index is 1280. The highest BCUT2D eigenvalue weighted by Gasteiger charge is 2.49. The van der Waals surface area contributed by atoms with Crippen LogP contribution in [0.3, 0.4) is 0 Å². The molecule has 2 aliphatic rings. The first-order chi connectivity index (χ1) is 17.2. The molecule has 2 atom stereocenters. The molecule has 1 fully saturated rings. The summed E-state index contributed by atoms with van der Waals surface area (Å²) >= 11 is 7.61. The van der Waals surface area contributed by atoms with E-state index in [1.54, 1.807) is 18.5 Å². The minimum Gasteiger partial charge on any atom is -0.382 e. The smallest absolute Gasteiger partial charge is 0.245 e. The van der Waals surface area contributed by atoms with E-state index in [0.29, 0.717) is 21.9 Å². The van der Waals surface area contributed by atoms with Crippen LogP contribution in [0.1, 0.15) is 50.2 Å². The van der Waals surface area contributed by atoms with Crippen LogP contribution in [0.5, 0.6) is 0 Å². The van der Waals surface area contributed by atoms with Crippen molar-refractivity contribution in [2.45, 2.75) is 60.1 Å². The Balaban J connectivity index is 1.30. The second kappa shape index (κ2) is 9.89. The van der Waals surface area contributed by atoms with Gasteiger partial charge in [-0.25, -0.2) is 14.2 Å². The first-order valence-electron chi connectivity index (χ1n) is 12.0. The second-order valence-electron chi connectivity index (χ2n) is 10.2. The zero-order chi connectivity index (χ0) is 25.5. The van der Waals surface area contributed by atoms with E-state index in [0.717, 1.165) is 43.7 Å². The van der Waals surface area contributed by atoms with Crippen LogP contribution < -0.4 is 15.8 Å². The summed E-state index contributed by atoms with van der Waals surface area (Å²) in [6.07, 6.45) is 7.19. The topological polar surface area (TPSA) is 124 Å². The lowest BCUT2D eigenvalue weighted by Crippen LogP contribution is -2.45. The standard InChI is InChI=1S/C25H30ClN7OS2/c1-24(2,36(28)34)14-18-17-6-4-3-5-16(17)13-25(18)8-11-33(12-9-25)23-30-15-20(31-32-23)35-19-7-10-29-22(27)21(19)26/h3-7,10,15,18H,8-9,11-14,28H2,1-2H3,(H2,27,29)/t18-,36?/m1/s1. The number of nitrogen functional groups attached to an aromatic ring is 1. The van der Waals surface area contributed by atoms with Crippen molar-refractivity contribution in [3.63, 3.8) is 0 Å². The van der Waals surface area contributed by atoms with Crippen molar-refractivity contribution in [1.29, 1.82) is 0 Å². The van der Waals surface area contributed by atoms with Crippen molar-refractivity contribution in [2.75, 3.05) is 23.7 Å². The quantitative estimate of drug-likeness (QED) is 0.469. The van der Waals surface area contributed by atoms with E-state index >= 15 is 0 Å². The molecule has 0 saturated carbocycles. The van der Waals surface area contributed by atoms with Crippen molar-refractivity contribution in [3.05, 3.63) is 58.9 Å². The van der Waals surface area contributed by atoms with Gasteiger partial charge in [0, 0.05) is 24.2 Å². The van der Waals surface area contributed by atoms with Crippen molar-refractivity contribution < 1.29 is 4.21 Å². The van der Waals surface area contributed by atoms with Crippen LogP contribution in [-0.4, -0.2) is 42.2 Å². The Morgan fingerprint density at radius 3 is 2.64 bits per heavy atom. The SMILES string of the molecule is CC(C)(C[C@@H]1c2ccccc2CC12CCN(c1ncc(Sc3ccnc(N)c3Cl)nn1)CC2)S(N)=O. The van der Waals surface area contributed by atoms with Gasteiger partial charge in [-0.2, -0.15) is 0 Å². The lowest BCUT2D eigenvalue weighted by Gasteiger charge is -2.45. The fourth-order valence-corrected chi connectivity index (χ4v) is 6.82. The average Bonchev–Trinajstić information content (AvgIpc) is 3.15. The summed E-state index contributed by atoms with van der Waals surface area (Å²) in [5, 5.41) is 15.7. The summed E-state index contributed by atoms with van der Waals surface area (Å²) in [4.78, 5) is 11.5. The first kappa shape index (κ1) is 25.4. The zero-order valence-corrected chi connectivity index (χ0v) is 22.7. The summed E-state index contributed by atoms with van der Waals surface area (Å²) in [5.74, 6) is 1.24. The van der Waals surface area contributed by atoms with Gasteiger partial charge >= 0.3 is 0 Å². The van der Waals surface area contributed by atoms with Gasteiger partial charge in [-0.15, -0.1) is 10.2 Å². The van der Waals surface area contributed by atoms with Crippen LogP contribution in [0, 0.1) is 5.41 Å². The van der Waals surface area contributed by atoms with Gasteiger partial charge in [-0.05, 0) is 68.1 Å². The van der Waals surface area contributed by atoms with Crippen molar-refractivity contribution in [3.8, 4) is 0 Å². The molecule has 3 aromatic rings. The molecule has 36 heavy (non-hydrogen) atoms. The monoisotopic (exact) mass is 543 g/mol. The molecule has 0 amide bonds. The van der Waals surface area contributed by atoms with Crippen molar-refractivity contribution in [2.24, 2.45) is 10.6 Å². The number of rotatable bonds is 6. The third kappa shape index (κ3) is 4.83. The van der Waals surface area contributed by atoms with Crippen LogP contribution >= 0.6 is 23.4 Å². The number of aromatic nitrogens is 4. The van der Waals surface area contributed by atoms with Gasteiger partial charge in [-0.3, -0.25) is 5.14 Å². The fraction of sp³-hybridized carbons (Fsp3) is 0.440. The van der Waals surface area contributed by atoms with Crippen molar-refractivity contribution >= 4 is 46.1 Å². The molecule has 1 unspecified atom stereocenters. The molecule has 2 aromatic heterocycles. The summed E-state index contributed by atoms with van der Waals surface area (Å²) in [6, 6.07) is 10.5. The molecule has 1 aliphatic carbocycles. The number of halogens is 1. The van der Waals surface area contributed by atoms with Crippen molar-refractivity contribution in [1.82, 2.24) is 20.2 Å². The lowest BCUT2D eigenvalue weighted by molar-refractivity contribution is 0.170. The molecular weight excluding hydrogens is 514 g/mol. The molecule has 11 heteroatoms. The second-order valence-corrected chi connectivity index (χ2v) is 13.4. The van der Waals surface area contributed by atoms with E-state index < -0.39 is 15.7 Å². The van der Waals surface area contributed by atoms with Crippen LogP contribution in [0.2, 0.25) is 5.02 Å². The van der Waals surface area contributed by atoms with E-state index in [1.165, 1.54) is 22.9 Å². The number of benzene rings is 1. The molecule has 1 saturated heterocycles. The number of nitrogens with zero attached hydrogens (tertiary/aromatic N) is 5. The maximum absolute atomic E-state index is 12.3. The highest BCUT2D eigenvalue weighted by molar-refractivity contribution is 7.99. The molecule has 1 spiro atoms. The molecule has 1 aliphatic heterocycles. The average molecular weight is 544 g/mol. The van der Waals surface area contributed by atoms with Gasteiger partial charge in [0.05, 0.1) is 27.0 Å². The van der Waals surface area contributed by atoms with Gasteiger partial charge in [0.1, 0.15) is 10.8 Å². The van der Waals surface area contributed by atoms with Crippen LogP contribution in [0.15, 0.2) is 52.6 Å². The van der Waals surface area contributed by atoms with E-state index in [1.807, 2.05) is 13.8 Å². The molecule has 5 rings (SSSR count). The predicted octanol–water partition coefficient (Wildman–Crippen LogP) is 4.37. The predicted molar refractivity (Wildman–Crippen MR) is 145 cm³/mol. The lowest BCUT2D eigenvalue weighted by atomic mass is 9.67. The first-order valence-corrected chi connectivity index (χ1v) is 14.4. The Labute approximate surface area is 223 Å². The molecule has 4 N–H and O–H groups in total. The van der Waals surface area contributed by atoms with Crippen LogP contribution in [-0.2, 0) is 17.4 Å². The molecule has 1 aromatic carbocycles. The Morgan fingerprint density at radius 2 is 1.94 bits per heavy atom. The molecular formula is C25H30ClN7OS2. The molecule has 0 bridgehead atoms. The number of pyridine rings is 1. The van der Waals surface area contributed by atoms with Crippen LogP contribution in [0.25, 0.3) is 0 Å². The number of anilines is 2. The Hall–Kier alpha value is -2.27. The third-order valence-electron chi connectivity index (χ3n) is 7.62. The number of fused-ring (bicyclic) bond motifs is 1. The number of hydrogen-bond donors (Lipinski definition) is 2. The van der Waals surface area contributed by atoms with Gasteiger partial charge in [0.25, 0.3) is 0 Å². The van der Waals surface area contributed by atoms with E-state index in [4.69, 9.17) is 22.5 Å². The molecule has 0 radical (unpaired) electrons. The highest BCUT2D eigenvalue weighted by atomic mass is 35.5. The fourth-order valence-electron chi connectivity index (χ4n) is 5.53. The number of piperidine rings is 1. The van der Waals surface area contributed by atoms with Crippen LogP contribution in [0.4, 0.5) is 11.8 Å². The van der Waals surface area contributed by atoms with E-state index in [2.05, 4.69) is 49.3 Å². The van der Waals surface area contributed by atoms with Gasteiger partial charge in [0.15, 0.2) is 0 Å². The number of nitrogens with two attached hydrogens (primary N) is 2. The van der Waals surface area contributed by atoms with Gasteiger partial charge in [0.2, 0.25) is 5.95 Å². The summed E-state index contributed by atoms with van der Waals surface area (Å²) in [5.41, 5.74) is 8.71. The normalized spacial score (nSPS) is 19.9.